The number of carbonyl (C=O) groups is 1. The number of nitrogens with zero attached hydrogens (tertiary/aromatic N) is 1. The molecule has 1 heterocycles. The van der Waals surface area contributed by atoms with Crippen LogP contribution in [-0.4, -0.2) is 43.8 Å². The second-order valence-corrected chi connectivity index (χ2v) is 8.00. The van der Waals surface area contributed by atoms with Crippen LogP contribution in [0, 0.1) is 0 Å². The van der Waals surface area contributed by atoms with Crippen molar-refractivity contribution in [2.24, 2.45) is 0 Å². The molecule has 1 atom stereocenters. The molecule has 0 aromatic heterocycles. The number of rotatable bonds is 2. The first-order valence-electron chi connectivity index (χ1n) is 6.98. The molecule has 1 aromatic carbocycles. The smallest absolute Gasteiger partial charge is 0.338 e. The summed E-state index contributed by atoms with van der Waals surface area (Å²) < 4.78 is 99.9. The molecule has 0 bridgehead atoms. The van der Waals surface area contributed by atoms with Crippen LogP contribution in [0.4, 0.5) is 26.3 Å². The van der Waals surface area contributed by atoms with E-state index in [1.165, 1.54) is 0 Å². The van der Waals surface area contributed by atoms with Crippen LogP contribution in [0.2, 0.25) is 0 Å². The maximum Gasteiger partial charge on any atom is 0.416 e. The fourth-order valence-corrected chi connectivity index (χ4v) is 4.30. The van der Waals surface area contributed by atoms with Gasteiger partial charge in [-0.25, -0.2) is 8.42 Å². The average Bonchev–Trinajstić information content (AvgIpc) is 2.83. The third-order valence-electron chi connectivity index (χ3n) is 3.91. The second-order valence-electron chi connectivity index (χ2n) is 5.77. The lowest BCUT2D eigenvalue weighted by atomic mass is 10.0. The normalized spacial score (nSPS) is 20.5. The van der Waals surface area contributed by atoms with E-state index in [9.17, 15) is 39.6 Å². The molecule has 0 aliphatic carbocycles. The van der Waals surface area contributed by atoms with Crippen LogP contribution >= 0.6 is 0 Å². The predicted octanol–water partition coefficient (Wildman–Crippen LogP) is 2.98. The van der Waals surface area contributed by atoms with Gasteiger partial charge < -0.3 is 4.90 Å². The molecule has 1 fully saturated rings. The van der Waals surface area contributed by atoms with Crippen molar-refractivity contribution in [2.75, 3.05) is 18.6 Å². The number of halogens is 6. The van der Waals surface area contributed by atoms with Gasteiger partial charge in [0.25, 0.3) is 5.91 Å². The molecule has 1 amide bonds. The third-order valence-corrected chi connectivity index (χ3v) is 5.66. The molecule has 1 saturated heterocycles. The van der Waals surface area contributed by atoms with Crippen molar-refractivity contribution in [3.63, 3.8) is 0 Å². The van der Waals surface area contributed by atoms with Gasteiger partial charge in [-0.05, 0) is 24.6 Å². The highest BCUT2D eigenvalue weighted by atomic mass is 32.2. The Kier molecular flexibility index (Phi) is 4.84. The molecule has 4 nitrogen and oxygen atoms in total. The van der Waals surface area contributed by atoms with E-state index >= 15 is 0 Å². The van der Waals surface area contributed by atoms with Gasteiger partial charge >= 0.3 is 12.4 Å². The Morgan fingerprint density at radius 1 is 1.04 bits per heavy atom. The zero-order valence-electron chi connectivity index (χ0n) is 12.8. The number of amides is 1. The monoisotopic (exact) mass is 389 g/mol. The van der Waals surface area contributed by atoms with Crippen molar-refractivity contribution in [2.45, 2.75) is 24.8 Å². The lowest BCUT2D eigenvalue weighted by Crippen LogP contribution is -2.38. The number of sulfone groups is 1. The largest absolute Gasteiger partial charge is 0.416 e. The first-order chi connectivity index (χ1) is 11.2. The molecule has 140 valence electrons. The Labute approximate surface area is 139 Å². The first kappa shape index (κ1) is 19.5. The minimum Gasteiger partial charge on any atom is -0.338 e. The topological polar surface area (TPSA) is 54.5 Å². The summed E-state index contributed by atoms with van der Waals surface area (Å²) in [4.78, 5) is 13.2. The summed E-state index contributed by atoms with van der Waals surface area (Å²) in [7, 11) is -2.22. The first-order valence-corrected chi connectivity index (χ1v) is 8.80. The molecule has 11 heteroatoms. The summed E-state index contributed by atoms with van der Waals surface area (Å²) in [6.07, 6.45) is -10.0. The standard InChI is InChI=1S/C14H13F6NO3S/c1-21(11-2-3-25(23,24)7-11)12(22)8-4-9(13(15,16)17)6-10(5-8)14(18,19)20/h4-6,11H,2-3,7H2,1H3. The van der Waals surface area contributed by atoms with Gasteiger partial charge in [-0.2, -0.15) is 26.3 Å². The van der Waals surface area contributed by atoms with Gasteiger partial charge in [-0.15, -0.1) is 0 Å². The van der Waals surface area contributed by atoms with E-state index in [0.717, 1.165) is 11.9 Å². The van der Waals surface area contributed by atoms with Crippen LogP contribution < -0.4 is 0 Å². The average molecular weight is 389 g/mol. The number of alkyl halides is 6. The van der Waals surface area contributed by atoms with E-state index in [0.29, 0.717) is 12.1 Å². The quantitative estimate of drug-likeness (QED) is 0.731. The van der Waals surface area contributed by atoms with E-state index in [1.54, 1.807) is 0 Å². The summed E-state index contributed by atoms with van der Waals surface area (Å²) in [6.45, 7) is 0. The fraction of sp³-hybridized carbons (Fsp3) is 0.500. The van der Waals surface area contributed by atoms with E-state index in [-0.39, 0.29) is 24.0 Å². The van der Waals surface area contributed by atoms with Crippen molar-refractivity contribution in [1.82, 2.24) is 4.90 Å². The molecule has 1 unspecified atom stereocenters. The summed E-state index contributed by atoms with van der Waals surface area (Å²) in [6, 6.07) is -0.201. The Balaban J connectivity index is 2.42. The van der Waals surface area contributed by atoms with E-state index in [2.05, 4.69) is 0 Å². The van der Waals surface area contributed by atoms with Crippen LogP contribution in [0.3, 0.4) is 0 Å². The van der Waals surface area contributed by atoms with Gasteiger partial charge in [-0.1, -0.05) is 0 Å². The molecule has 2 rings (SSSR count). The van der Waals surface area contributed by atoms with Crippen molar-refractivity contribution in [1.29, 1.82) is 0 Å². The Hall–Kier alpha value is -1.78. The Morgan fingerprint density at radius 3 is 1.88 bits per heavy atom. The number of carbonyl (C=O) groups excluding carboxylic acids is 1. The van der Waals surface area contributed by atoms with E-state index in [1.807, 2.05) is 0 Å². The van der Waals surface area contributed by atoms with Crippen molar-refractivity contribution in [3.8, 4) is 0 Å². The van der Waals surface area contributed by atoms with E-state index < -0.39 is 50.8 Å². The molecule has 0 N–H and O–H groups in total. The van der Waals surface area contributed by atoms with Gasteiger partial charge in [0.1, 0.15) is 0 Å². The maximum atomic E-state index is 12.8. The summed E-state index contributed by atoms with van der Waals surface area (Å²) in [5, 5.41) is 0. The minimum absolute atomic E-state index is 0.0726. The van der Waals surface area contributed by atoms with Gasteiger partial charge in [0.15, 0.2) is 9.84 Å². The molecular formula is C14H13F6NO3S. The van der Waals surface area contributed by atoms with Crippen LogP contribution in [0.15, 0.2) is 18.2 Å². The van der Waals surface area contributed by atoms with Crippen molar-refractivity contribution < 1.29 is 39.6 Å². The van der Waals surface area contributed by atoms with Gasteiger partial charge in [0, 0.05) is 18.7 Å². The number of hydrogen-bond donors (Lipinski definition) is 0. The Bertz CT molecular complexity index is 752. The van der Waals surface area contributed by atoms with Gasteiger partial charge in [-0.3, -0.25) is 4.79 Å². The van der Waals surface area contributed by atoms with E-state index in [4.69, 9.17) is 0 Å². The van der Waals surface area contributed by atoms with Crippen LogP contribution in [0.5, 0.6) is 0 Å². The summed E-state index contributed by atoms with van der Waals surface area (Å²) in [5.41, 5.74) is -4.00. The summed E-state index contributed by atoms with van der Waals surface area (Å²) >= 11 is 0. The highest BCUT2D eigenvalue weighted by molar-refractivity contribution is 7.91. The molecule has 1 aliphatic heterocycles. The third kappa shape index (κ3) is 4.44. The molecule has 0 spiro atoms. The molecule has 0 saturated carbocycles. The highest BCUT2D eigenvalue weighted by Crippen LogP contribution is 2.36. The van der Waals surface area contributed by atoms with Gasteiger partial charge in [0.05, 0.1) is 22.6 Å². The molecule has 0 radical (unpaired) electrons. The number of hydrogen-bond acceptors (Lipinski definition) is 3. The Morgan fingerprint density at radius 2 is 1.52 bits per heavy atom. The summed E-state index contributed by atoms with van der Waals surface area (Å²) in [5.74, 6) is -1.66. The fourth-order valence-electron chi connectivity index (χ4n) is 2.53. The van der Waals surface area contributed by atoms with Crippen molar-refractivity contribution >= 4 is 15.7 Å². The van der Waals surface area contributed by atoms with Crippen LogP contribution in [-0.2, 0) is 22.2 Å². The SMILES string of the molecule is CN(C(=O)c1cc(C(F)(F)F)cc(C(F)(F)F)c1)C1CCS(=O)(=O)C1. The molecule has 1 aliphatic rings. The van der Waals surface area contributed by atoms with Crippen molar-refractivity contribution in [3.05, 3.63) is 34.9 Å². The zero-order valence-corrected chi connectivity index (χ0v) is 13.6. The lowest BCUT2D eigenvalue weighted by Gasteiger charge is -2.24. The van der Waals surface area contributed by atoms with Gasteiger partial charge in [0.2, 0.25) is 0 Å². The highest BCUT2D eigenvalue weighted by Gasteiger charge is 2.39. The molecular weight excluding hydrogens is 376 g/mol. The zero-order chi connectivity index (χ0) is 19.2. The minimum atomic E-state index is -5.06. The number of benzene rings is 1. The lowest BCUT2D eigenvalue weighted by molar-refractivity contribution is -0.143. The molecule has 25 heavy (non-hydrogen) atoms. The van der Waals surface area contributed by atoms with Crippen LogP contribution in [0.25, 0.3) is 0 Å². The predicted molar refractivity (Wildman–Crippen MR) is 75.6 cm³/mol. The van der Waals surface area contributed by atoms with Crippen LogP contribution in [0.1, 0.15) is 27.9 Å². The molecule has 1 aromatic rings. The maximum absolute atomic E-state index is 12.8. The second kappa shape index (κ2) is 6.19.